The van der Waals surface area contributed by atoms with E-state index in [1.807, 2.05) is 37.4 Å². The highest BCUT2D eigenvalue weighted by molar-refractivity contribution is 5.51. The number of hydrogen-bond acceptors (Lipinski definition) is 4. The van der Waals surface area contributed by atoms with Crippen LogP contribution in [-0.4, -0.2) is 16.5 Å². The summed E-state index contributed by atoms with van der Waals surface area (Å²) in [4.78, 5) is 8.91. The predicted molar refractivity (Wildman–Crippen MR) is 81.1 cm³/mol. The molecule has 2 aromatic heterocycles. The molecule has 20 heavy (non-hydrogen) atoms. The molecule has 1 aliphatic rings. The molecule has 2 N–H and O–H groups in total. The van der Waals surface area contributed by atoms with Crippen molar-refractivity contribution in [2.24, 2.45) is 0 Å². The van der Waals surface area contributed by atoms with E-state index >= 15 is 0 Å². The number of nitrogens with one attached hydrogen (secondary N) is 2. The van der Waals surface area contributed by atoms with Gasteiger partial charge in [-0.3, -0.25) is 0 Å². The first-order valence-electron chi connectivity index (χ1n) is 7.21. The van der Waals surface area contributed by atoms with Crippen LogP contribution in [0.2, 0.25) is 0 Å². The van der Waals surface area contributed by atoms with Gasteiger partial charge in [0.1, 0.15) is 11.6 Å². The van der Waals surface area contributed by atoms with Gasteiger partial charge in [-0.15, -0.1) is 0 Å². The maximum absolute atomic E-state index is 4.49. The zero-order valence-corrected chi connectivity index (χ0v) is 11.8. The monoisotopic (exact) mass is 268 g/mol. The third-order valence-corrected chi connectivity index (χ3v) is 3.64. The van der Waals surface area contributed by atoms with Crippen LogP contribution < -0.4 is 10.6 Å². The predicted octanol–water partition coefficient (Wildman–Crippen LogP) is 3.34. The lowest BCUT2D eigenvalue weighted by atomic mass is 9.99. The first kappa shape index (κ1) is 13.1. The van der Waals surface area contributed by atoms with Gasteiger partial charge in [-0.25, -0.2) is 9.97 Å². The largest absolute Gasteiger partial charge is 0.325 e. The van der Waals surface area contributed by atoms with E-state index < -0.39 is 0 Å². The Balaban J connectivity index is 1.69. The summed E-state index contributed by atoms with van der Waals surface area (Å²) in [5, 5.41) is 6.77. The van der Waals surface area contributed by atoms with Crippen LogP contribution >= 0.6 is 0 Å². The fourth-order valence-electron chi connectivity index (χ4n) is 2.57. The highest BCUT2D eigenvalue weighted by Gasteiger charge is 2.14. The maximum atomic E-state index is 4.49. The minimum Gasteiger partial charge on any atom is -0.325 e. The van der Waals surface area contributed by atoms with Crippen molar-refractivity contribution in [2.45, 2.75) is 32.2 Å². The summed E-state index contributed by atoms with van der Waals surface area (Å²) in [6, 6.07) is 10.6. The molecule has 1 aliphatic heterocycles. The SMILES string of the molecule is Cc1cccc(Nc2ccc([C@H]3CCCCN3)cn2)n1. The Morgan fingerprint density at radius 2 is 2.10 bits per heavy atom. The minimum atomic E-state index is 0.461. The molecule has 0 aliphatic carbocycles. The van der Waals surface area contributed by atoms with Gasteiger partial charge in [0, 0.05) is 17.9 Å². The normalized spacial score (nSPS) is 18.8. The summed E-state index contributed by atoms with van der Waals surface area (Å²) in [7, 11) is 0. The number of hydrogen-bond donors (Lipinski definition) is 2. The Labute approximate surface area is 119 Å². The topological polar surface area (TPSA) is 49.8 Å². The third kappa shape index (κ3) is 3.14. The first-order chi connectivity index (χ1) is 9.81. The van der Waals surface area contributed by atoms with E-state index in [4.69, 9.17) is 0 Å². The van der Waals surface area contributed by atoms with Crippen molar-refractivity contribution in [3.63, 3.8) is 0 Å². The van der Waals surface area contributed by atoms with Crippen molar-refractivity contribution in [2.75, 3.05) is 11.9 Å². The average molecular weight is 268 g/mol. The lowest BCUT2D eigenvalue weighted by Gasteiger charge is -2.23. The van der Waals surface area contributed by atoms with E-state index in [0.29, 0.717) is 6.04 Å². The molecule has 1 fully saturated rings. The molecule has 0 spiro atoms. The molecule has 0 amide bonds. The summed E-state index contributed by atoms with van der Waals surface area (Å²) in [5.74, 6) is 1.67. The number of aromatic nitrogens is 2. The van der Waals surface area contributed by atoms with Crippen LogP contribution in [0.3, 0.4) is 0 Å². The Kier molecular flexibility index (Phi) is 3.92. The minimum absolute atomic E-state index is 0.461. The molecule has 2 aromatic rings. The van der Waals surface area contributed by atoms with Crippen molar-refractivity contribution in [3.05, 3.63) is 47.8 Å². The molecule has 0 bridgehead atoms. The van der Waals surface area contributed by atoms with Crippen LogP contribution in [0.1, 0.15) is 36.6 Å². The summed E-state index contributed by atoms with van der Waals surface area (Å²) < 4.78 is 0. The van der Waals surface area contributed by atoms with Gasteiger partial charge in [0.2, 0.25) is 0 Å². The zero-order valence-electron chi connectivity index (χ0n) is 11.8. The van der Waals surface area contributed by atoms with Crippen LogP contribution in [-0.2, 0) is 0 Å². The molecule has 104 valence electrons. The molecule has 1 saturated heterocycles. The lowest BCUT2D eigenvalue weighted by Crippen LogP contribution is -2.26. The Morgan fingerprint density at radius 1 is 1.15 bits per heavy atom. The van der Waals surface area contributed by atoms with Gasteiger partial charge in [-0.05, 0) is 50.1 Å². The van der Waals surface area contributed by atoms with Crippen LogP contribution in [0.25, 0.3) is 0 Å². The molecular formula is C16H20N4. The second-order valence-corrected chi connectivity index (χ2v) is 5.27. The highest BCUT2D eigenvalue weighted by atomic mass is 15.1. The van der Waals surface area contributed by atoms with Crippen molar-refractivity contribution < 1.29 is 0 Å². The van der Waals surface area contributed by atoms with E-state index in [2.05, 4.69) is 26.7 Å². The molecule has 1 atom stereocenters. The maximum Gasteiger partial charge on any atom is 0.131 e. The van der Waals surface area contributed by atoms with Gasteiger partial charge in [0.25, 0.3) is 0 Å². The molecule has 4 heteroatoms. The first-order valence-corrected chi connectivity index (χ1v) is 7.21. The summed E-state index contributed by atoms with van der Waals surface area (Å²) in [6.07, 6.45) is 5.74. The Bertz CT molecular complexity index is 559. The summed E-state index contributed by atoms with van der Waals surface area (Å²) >= 11 is 0. The standard InChI is InChI=1S/C16H20N4/c1-12-5-4-7-16(19-12)20-15-9-8-13(11-18-15)14-6-2-3-10-17-14/h4-5,7-9,11,14,17H,2-3,6,10H2,1H3,(H,18,19,20)/t14-/m1/s1. The summed E-state index contributed by atoms with van der Waals surface area (Å²) in [6.45, 7) is 3.09. The highest BCUT2D eigenvalue weighted by Crippen LogP contribution is 2.23. The van der Waals surface area contributed by atoms with Crippen LogP contribution in [0.15, 0.2) is 36.5 Å². The van der Waals surface area contributed by atoms with Gasteiger partial charge in [0.15, 0.2) is 0 Å². The number of piperidine rings is 1. The van der Waals surface area contributed by atoms with Crippen molar-refractivity contribution >= 4 is 11.6 Å². The van der Waals surface area contributed by atoms with Crippen molar-refractivity contribution in [1.29, 1.82) is 0 Å². The Morgan fingerprint density at radius 3 is 2.80 bits per heavy atom. The van der Waals surface area contributed by atoms with E-state index in [1.54, 1.807) is 0 Å². The van der Waals surface area contributed by atoms with Gasteiger partial charge in [-0.2, -0.15) is 0 Å². The fraction of sp³-hybridized carbons (Fsp3) is 0.375. The van der Waals surface area contributed by atoms with E-state index in [9.17, 15) is 0 Å². The fourth-order valence-corrected chi connectivity index (χ4v) is 2.57. The number of nitrogens with zero attached hydrogens (tertiary/aromatic N) is 2. The molecule has 0 saturated carbocycles. The van der Waals surface area contributed by atoms with Gasteiger partial charge in [0.05, 0.1) is 0 Å². The molecule has 0 unspecified atom stereocenters. The number of pyridine rings is 2. The molecule has 3 rings (SSSR count). The average Bonchev–Trinajstić information content (AvgIpc) is 2.49. The smallest absolute Gasteiger partial charge is 0.131 e. The van der Waals surface area contributed by atoms with Crippen LogP contribution in [0, 0.1) is 6.92 Å². The second-order valence-electron chi connectivity index (χ2n) is 5.27. The second kappa shape index (κ2) is 6.01. The van der Waals surface area contributed by atoms with Crippen molar-refractivity contribution in [1.82, 2.24) is 15.3 Å². The lowest BCUT2D eigenvalue weighted by molar-refractivity contribution is 0.411. The van der Waals surface area contributed by atoms with Gasteiger partial charge < -0.3 is 10.6 Å². The molecule has 3 heterocycles. The van der Waals surface area contributed by atoms with Gasteiger partial charge >= 0.3 is 0 Å². The molecular weight excluding hydrogens is 248 g/mol. The number of aryl methyl sites for hydroxylation is 1. The summed E-state index contributed by atoms with van der Waals surface area (Å²) in [5.41, 5.74) is 2.27. The van der Waals surface area contributed by atoms with E-state index in [0.717, 1.165) is 23.9 Å². The quantitative estimate of drug-likeness (QED) is 0.896. The molecule has 4 nitrogen and oxygen atoms in total. The van der Waals surface area contributed by atoms with E-state index in [-0.39, 0.29) is 0 Å². The molecule has 0 aromatic carbocycles. The van der Waals surface area contributed by atoms with Crippen LogP contribution in [0.5, 0.6) is 0 Å². The zero-order chi connectivity index (χ0) is 13.8. The number of rotatable bonds is 3. The third-order valence-electron chi connectivity index (χ3n) is 3.64. The molecule has 0 radical (unpaired) electrons. The van der Waals surface area contributed by atoms with Crippen molar-refractivity contribution in [3.8, 4) is 0 Å². The van der Waals surface area contributed by atoms with Gasteiger partial charge in [-0.1, -0.05) is 18.6 Å². The van der Waals surface area contributed by atoms with E-state index in [1.165, 1.54) is 24.8 Å². The Hall–Kier alpha value is -1.94. The van der Waals surface area contributed by atoms with Crippen LogP contribution in [0.4, 0.5) is 11.6 Å². The number of anilines is 2.